The summed E-state index contributed by atoms with van der Waals surface area (Å²) in [5, 5.41) is 2.68. The molecule has 6 nitrogen and oxygen atoms in total. The number of rotatable bonds is 15. The van der Waals surface area contributed by atoms with Crippen LogP contribution in [0.15, 0.2) is 0 Å². The normalized spacial score (nSPS) is 13.3. The van der Waals surface area contributed by atoms with E-state index in [1.807, 2.05) is 0 Å². The predicted octanol–water partition coefficient (Wildman–Crippen LogP) is 2.18. The Bertz CT molecular complexity index is 386. The molecule has 0 saturated carbocycles. The number of carbonyl (C=O) groups excluding carboxylic acids is 3. The van der Waals surface area contributed by atoms with E-state index in [1.165, 1.54) is 0 Å². The number of primary amides is 1. The molecule has 2 atom stereocenters. The van der Waals surface area contributed by atoms with Gasteiger partial charge in [0.15, 0.2) is 0 Å². The molecule has 0 bridgehead atoms. The molecule has 2 amide bonds. The lowest BCUT2D eigenvalue weighted by atomic mass is 9.99. The van der Waals surface area contributed by atoms with Crippen LogP contribution in [0.1, 0.15) is 84.5 Å². The Balaban J connectivity index is 4.09. The molecule has 0 aromatic rings. The van der Waals surface area contributed by atoms with Crippen LogP contribution in [-0.4, -0.2) is 29.7 Å². The maximum absolute atomic E-state index is 11.9. The van der Waals surface area contributed by atoms with Gasteiger partial charge < -0.3 is 16.8 Å². The Morgan fingerprint density at radius 2 is 1.46 bits per heavy atom. The average molecular weight is 341 g/mol. The number of amides is 2. The van der Waals surface area contributed by atoms with Gasteiger partial charge in [-0.2, -0.15) is 0 Å². The molecule has 0 saturated heterocycles. The molecule has 0 heterocycles. The van der Waals surface area contributed by atoms with Crippen molar-refractivity contribution in [2.45, 2.75) is 96.6 Å². The monoisotopic (exact) mass is 341 g/mol. The summed E-state index contributed by atoms with van der Waals surface area (Å²) in [5.74, 6) is -0.614. The van der Waals surface area contributed by atoms with E-state index in [-0.39, 0.29) is 11.7 Å². The Morgan fingerprint density at radius 3 is 2.00 bits per heavy atom. The summed E-state index contributed by atoms with van der Waals surface area (Å²) >= 11 is 0. The van der Waals surface area contributed by atoms with Crippen LogP contribution in [0, 0.1) is 0 Å². The number of Topliss-reactive ketones (excluding diaryl/α,β-unsaturated/α-hetero) is 1. The first-order valence-corrected chi connectivity index (χ1v) is 9.29. The van der Waals surface area contributed by atoms with Crippen molar-refractivity contribution in [3.8, 4) is 0 Å². The molecule has 0 aliphatic carbocycles. The molecular formula is C18H35N3O3. The fraction of sp³-hybridized carbons (Fsp3) is 0.833. The minimum absolute atomic E-state index is 0.0719. The van der Waals surface area contributed by atoms with E-state index in [9.17, 15) is 14.4 Å². The van der Waals surface area contributed by atoms with Gasteiger partial charge in [0.1, 0.15) is 11.8 Å². The molecule has 0 aliphatic heterocycles. The molecule has 24 heavy (non-hydrogen) atoms. The average Bonchev–Trinajstić information content (AvgIpc) is 2.53. The number of unbranched alkanes of at least 4 members (excludes halogenated alkanes) is 4. The molecule has 0 radical (unpaired) electrons. The number of nitrogens with one attached hydrogen (secondary N) is 1. The van der Waals surface area contributed by atoms with Crippen molar-refractivity contribution >= 4 is 17.6 Å². The second kappa shape index (κ2) is 14.0. The third kappa shape index (κ3) is 11.2. The summed E-state index contributed by atoms with van der Waals surface area (Å²) < 4.78 is 0. The lowest BCUT2D eigenvalue weighted by Crippen LogP contribution is -2.44. The maximum Gasteiger partial charge on any atom is 0.239 e. The molecular weight excluding hydrogens is 306 g/mol. The second-order valence-electron chi connectivity index (χ2n) is 6.44. The number of hydrogen-bond acceptors (Lipinski definition) is 4. The standard InChI is InChI=1S/C18H35N3O3/c1-3-5-7-12-16(22)14(19)10-9-11-15(18(20)24)21-17(23)13-8-6-4-2/h14-15H,3-13,19H2,1-2H3,(H2,20,24)(H,21,23)/t14?,15-/m0/s1. The van der Waals surface area contributed by atoms with E-state index in [0.29, 0.717) is 32.1 Å². The summed E-state index contributed by atoms with van der Waals surface area (Å²) in [5.41, 5.74) is 11.2. The molecule has 1 unspecified atom stereocenters. The molecule has 0 fully saturated rings. The summed E-state index contributed by atoms with van der Waals surface area (Å²) in [6.45, 7) is 4.15. The first-order chi connectivity index (χ1) is 11.4. The molecule has 0 aromatic heterocycles. The van der Waals surface area contributed by atoms with Crippen molar-refractivity contribution in [3.05, 3.63) is 0 Å². The Labute approximate surface area is 146 Å². The number of nitrogens with two attached hydrogens (primary N) is 2. The Morgan fingerprint density at radius 1 is 0.875 bits per heavy atom. The summed E-state index contributed by atoms with van der Waals surface area (Å²) in [6.07, 6.45) is 8.27. The molecule has 0 aliphatic rings. The van der Waals surface area contributed by atoms with E-state index in [1.54, 1.807) is 0 Å². The quantitative estimate of drug-likeness (QED) is 0.396. The van der Waals surface area contributed by atoms with E-state index < -0.39 is 18.0 Å². The van der Waals surface area contributed by atoms with Crippen LogP contribution in [0.5, 0.6) is 0 Å². The largest absolute Gasteiger partial charge is 0.368 e. The predicted molar refractivity (Wildman–Crippen MR) is 96.2 cm³/mol. The van der Waals surface area contributed by atoms with E-state index in [0.717, 1.165) is 38.5 Å². The minimum Gasteiger partial charge on any atom is -0.368 e. The van der Waals surface area contributed by atoms with Crippen LogP contribution in [0.3, 0.4) is 0 Å². The maximum atomic E-state index is 11.9. The molecule has 0 aromatic carbocycles. The summed E-state index contributed by atoms with van der Waals surface area (Å²) in [4.78, 5) is 35.1. The molecule has 140 valence electrons. The van der Waals surface area contributed by atoms with Gasteiger partial charge in [0.25, 0.3) is 0 Å². The van der Waals surface area contributed by atoms with Gasteiger partial charge in [0.05, 0.1) is 6.04 Å². The third-order valence-corrected chi connectivity index (χ3v) is 4.13. The Kier molecular flexibility index (Phi) is 13.1. The van der Waals surface area contributed by atoms with Crippen molar-refractivity contribution in [2.75, 3.05) is 0 Å². The van der Waals surface area contributed by atoms with Gasteiger partial charge in [0, 0.05) is 12.8 Å². The van der Waals surface area contributed by atoms with Gasteiger partial charge >= 0.3 is 0 Å². The zero-order valence-electron chi connectivity index (χ0n) is 15.3. The van der Waals surface area contributed by atoms with Crippen molar-refractivity contribution in [2.24, 2.45) is 11.5 Å². The van der Waals surface area contributed by atoms with Crippen LogP contribution in [-0.2, 0) is 14.4 Å². The van der Waals surface area contributed by atoms with Gasteiger partial charge in [0.2, 0.25) is 11.8 Å². The molecule has 5 N–H and O–H groups in total. The highest BCUT2D eigenvalue weighted by molar-refractivity contribution is 5.86. The van der Waals surface area contributed by atoms with Crippen molar-refractivity contribution in [1.82, 2.24) is 5.32 Å². The van der Waals surface area contributed by atoms with Crippen molar-refractivity contribution in [1.29, 1.82) is 0 Å². The topological polar surface area (TPSA) is 115 Å². The van der Waals surface area contributed by atoms with Crippen LogP contribution >= 0.6 is 0 Å². The molecule has 0 rings (SSSR count). The summed E-state index contributed by atoms with van der Waals surface area (Å²) in [6, 6.07) is -1.17. The lowest BCUT2D eigenvalue weighted by molar-refractivity contribution is -0.127. The van der Waals surface area contributed by atoms with Crippen LogP contribution in [0.4, 0.5) is 0 Å². The molecule has 6 heteroatoms. The number of carbonyl (C=O) groups is 3. The van der Waals surface area contributed by atoms with Crippen LogP contribution in [0.2, 0.25) is 0 Å². The van der Waals surface area contributed by atoms with Crippen molar-refractivity contribution in [3.63, 3.8) is 0 Å². The third-order valence-electron chi connectivity index (χ3n) is 4.13. The first-order valence-electron chi connectivity index (χ1n) is 9.29. The van der Waals surface area contributed by atoms with Crippen LogP contribution in [0.25, 0.3) is 0 Å². The SMILES string of the molecule is CCCCCC(=O)N[C@@H](CCCC(N)C(=O)CCCCC)C(N)=O. The fourth-order valence-electron chi connectivity index (χ4n) is 2.53. The molecule has 0 spiro atoms. The zero-order valence-corrected chi connectivity index (χ0v) is 15.3. The fourth-order valence-corrected chi connectivity index (χ4v) is 2.53. The first kappa shape index (κ1) is 22.6. The van der Waals surface area contributed by atoms with Gasteiger partial charge in [-0.3, -0.25) is 14.4 Å². The number of hydrogen-bond donors (Lipinski definition) is 3. The highest BCUT2D eigenvalue weighted by Crippen LogP contribution is 2.08. The van der Waals surface area contributed by atoms with Gasteiger partial charge in [-0.25, -0.2) is 0 Å². The van der Waals surface area contributed by atoms with Gasteiger partial charge in [-0.05, 0) is 32.1 Å². The highest BCUT2D eigenvalue weighted by Gasteiger charge is 2.19. The summed E-state index contributed by atoms with van der Waals surface area (Å²) in [7, 11) is 0. The smallest absolute Gasteiger partial charge is 0.239 e. The van der Waals surface area contributed by atoms with Crippen LogP contribution < -0.4 is 16.8 Å². The minimum atomic E-state index is -0.679. The van der Waals surface area contributed by atoms with E-state index in [2.05, 4.69) is 19.2 Å². The van der Waals surface area contributed by atoms with Crippen molar-refractivity contribution < 1.29 is 14.4 Å². The van der Waals surface area contributed by atoms with Gasteiger partial charge in [-0.15, -0.1) is 0 Å². The van der Waals surface area contributed by atoms with E-state index in [4.69, 9.17) is 11.5 Å². The van der Waals surface area contributed by atoms with Gasteiger partial charge in [-0.1, -0.05) is 39.5 Å². The zero-order chi connectivity index (χ0) is 18.4. The van der Waals surface area contributed by atoms with E-state index >= 15 is 0 Å². The lowest BCUT2D eigenvalue weighted by Gasteiger charge is -2.16. The Hall–Kier alpha value is -1.43. The number of ketones is 1. The highest BCUT2D eigenvalue weighted by atomic mass is 16.2. The second-order valence-corrected chi connectivity index (χ2v) is 6.44.